The number of benzene rings is 10. The van der Waals surface area contributed by atoms with Gasteiger partial charge in [-0.3, -0.25) is 0 Å². The molecule has 10 aromatic carbocycles. The predicted molar refractivity (Wildman–Crippen MR) is 226 cm³/mol. The Hall–Kier alpha value is -6.96. The molecule has 0 amide bonds. The van der Waals surface area contributed by atoms with Crippen LogP contribution in [0.15, 0.2) is 188 Å². The van der Waals surface area contributed by atoms with Gasteiger partial charge in [-0.25, -0.2) is 0 Å². The second-order valence-electron chi connectivity index (χ2n) is 14.4. The molecule has 1 heteroatoms. The highest BCUT2D eigenvalue weighted by Gasteiger charge is 2.23. The van der Waals surface area contributed by atoms with Gasteiger partial charge in [-0.05, 0) is 113 Å². The molecule has 0 saturated carbocycles. The lowest BCUT2D eigenvalue weighted by Crippen LogP contribution is -1.97. The summed E-state index contributed by atoms with van der Waals surface area (Å²) in [7, 11) is 0. The Morgan fingerprint density at radius 1 is 0.283 bits per heavy atom. The van der Waals surface area contributed by atoms with Crippen molar-refractivity contribution < 1.29 is 0 Å². The summed E-state index contributed by atoms with van der Waals surface area (Å²) in [6.07, 6.45) is 0. The minimum Gasteiger partial charge on any atom is -0.309 e. The molecule has 0 spiro atoms. The molecule has 0 saturated heterocycles. The van der Waals surface area contributed by atoms with Gasteiger partial charge in [0.15, 0.2) is 0 Å². The van der Waals surface area contributed by atoms with E-state index >= 15 is 0 Å². The Balaban J connectivity index is 1.19. The normalized spacial score (nSPS) is 12.2. The summed E-state index contributed by atoms with van der Waals surface area (Å²) >= 11 is 0. The van der Waals surface area contributed by atoms with E-state index in [2.05, 4.69) is 193 Å². The molecule has 1 nitrogen and oxygen atoms in total. The first-order chi connectivity index (χ1) is 26.3. The lowest BCUT2D eigenvalue weighted by atomic mass is 9.92. The third kappa shape index (κ3) is 4.02. The summed E-state index contributed by atoms with van der Waals surface area (Å²) in [6.45, 7) is 0. The molecular formula is C52H31N. The van der Waals surface area contributed by atoms with Gasteiger partial charge in [0.1, 0.15) is 0 Å². The zero-order valence-corrected chi connectivity index (χ0v) is 28.8. The average molecular weight is 670 g/mol. The van der Waals surface area contributed by atoms with Gasteiger partial charge in [-0.15, -0.1) is 0 Å². The van der Waals surface area contributed by atoms with Crippen LogP contribution >= 0.6 is 0 Å². The molecule has 1 aliphatic rings. The molecule has 0 fully saturated rings. The van der Waals surface area contributed by atoms with E-state index in [1.165, 1.54) is 109 Å². The van der Waals surface area contributed by atoms with Crippen molar-refractivity contribution in [2.24, 2.45) is 0 Å². The number of para-hydroxylation sites is 1. The van der Waals surface area contributed by atoms with E-state index in [9.17, 15) is 0 Å². The minimum absolute atomic E-state index is 1.16. The summed E-state index contributed by atoms with van der Waals surface area (Å²) in [5, 5.41) is 12.9. The highest BCUT2D eigenvalue weighted by molar-refractivity contribution is 6.36. The Bertz CT molecular complexity index is 3320. The fourth-order valence-electron chi connectivity index (χ4n) is 9.39. The van der Waals surface area contributed by atoms with Crippen LogP contribution in [0.2, 0.25) is 0 Å². The van der Waals surface area contributed by atoms with E-state index in [1.54, 1.807) is 0 Å². The molecule has 53 heavy (non-hydrogen) atoms. The van der Waals surface area contributed by atoms with Crippen molar-refractivity contribution in [2.45, 2.75) is 0 Å². The van der Waals surface area contributed by atoms with Crippen LogP contribution < -0.4 is 0 Å². The van der Waals surface area contributed by atoms with Gasteiger partial charge >= 0.3 is 0 Å². The maximum atomic E-state index is 2.53. The van der Waals surface area contributed by atoms with E-state index in [-0.39, 0.29) is 0 Å². The first kappa shape index (κ1) is 28.7. The zero-order chi connectivity index (χ0) is 34.6. The van der Waals surface area contributed by atoms with Gasteiger partial charge < -0.3 is 4.57 Å². The minimum atomic E-state index is 1.16. The number of hydrogen-bond acceptors (Lipinski definition) is 0. The third-order valence-corrected chi connectivity index (χ3v) is 11.6. The molecule has 0 unspecified atom stereocenters. The first-order valence-electron chi connectivity index (χ1n) is 18.4. The smallest absolute Gasteiger partial charge is 0.0625 e. The summed E-state index contributed by atoms with van der Waals surface area (Å²) < 4.78 is 2.53. The number of fused-ring (bicyclic) bond motifs is 13. The molecule has 1 heterocycles. The lowest BCUT2D eigenvalue weighted by molar-refractivity contribution is 1.19. The first-order valence-corrected chi connectivity index (χ1v) is 18.4. The van der Waals surface area contributed by atoms with Crippen molar-refractivity contribution in [1.29, 1.82) is 0 Å². The van der Waals surface area contributed by atoms with Crippen molar-refractivity contribution in [3.8, 4) is 50.2 Å². The van der Waals surface area contributed by atoms with E-state index in [0.29, 0.717) is 0 Å². The number of rotatable bonds is 3. The van der Waals surface area contributed by atoms with Crippen LogP contribution in [0, 0.1) is 0 Å². The quantitative estimate of drug-likeness (QED) is 0.165. The lowest BCUT2D eigenvalue weighted by Gasteiger charge is -2.16. The highest BCUT2D eigenvalue weighted by Crippen LogP contribution is 2.49. The summed E-state index contributed by atoms with van der Waals surface area (Å²) in [5.41, 5.74) is 13.7. The van der Waals surface area contributed by atoms with Crippen LogP contribution in [0.3, 0.4) is 0 Å². The van der Waals surface area contributed by atoms with Crippen molar-refractivity contribution in [2.75, 3.05) is 0 Å². The number of hydrogen-bond donors (Lipinski definition) is 0. The molecule has 1 aromatic heterocycles. The molecule has 0 radical (unpaired) electrons. The third-order valence-electron chi connectivity index (χ3n) is 11.6. The van der Waals surface area contributed by atoms with Crippen molar-refractivity contribution >= 4 is 64.9 Å². The standard InChI is InChI=1S/C52H31N/c1-2-12-32(13-3-1)36-28-37(35-25-26-40-41-21-10-15-34-16-11-22-43(49(34)41)47(40)31-35)30-38(29-36)53-48-23-9-8-20-45(48)51-46-27-24-33-14-4-5-17-39(33)50(46)42-18-6-7-19-44(42)52(51)53/h1-31H. The Morgan fingerprint density at radius 2 is 0.943 bits per heavy atom. The summed E-state index contributed by atoms with van der Waals surface area (Å²) in [4.78, 5) is 0. The van der Waals surface area contributed by atoms with Gasteiger partial charge in [-0.1, -0.05) is 158 Å². The van der Waals surface area contributed by atoms with Crippen molar-refractivity contribution in [1.82, 2.24) is 4.57 Å². The Morgan fingerprint density at radius 3 is 1.77 bits per heavy atom. The maximum Gasteiger partial charge on any atom is 0.0625 e. The topological polar surface area (TPSA) is 4.93 Å². The molecular weight excluding hydrogens is 639 g/mol. The fraction of sp³-hybridized carbons (Fsp3) is 0. The summed E-state index contributed by atoms with van der Waals surface area (Å²) in [5.74, 6) is 0. The molecule has 244 valence electrons. The monoisotopic (exact) mass is 669 g/mol. The van der Waals surface area contributed by atoms with Gasteiger partial charge in [0.25, 0.3) is 0 Å². The molecule has 12 rings (SSSR count). The highest BCUT2D eigenvalue weighted by atomic mass is 15.0. The van der Waals surface area contributed by atoms with E-state index in [4.69, 9.17) is 0 Å². The van der Waals surface area contributed by atoms with Gasteiger partial charge in [0.2, 0.25) is 0 Å². The van der Waals surface area contributed by atoms with Crippen LogP contribution in [0.4, 0.5) is 0 Å². The molecule has 0 N–H and O–H groups in total. The molecule has 0 aliphatic heterocycles. The van der Waals surface area contributed by atoms with Crippen LogP contribution in [0.25, 0.3) is 115 Å². The Kier molecular flexibility index (Phi) is 5.84. The van der Waals surface area contributed by atoms with Crippen LogP contribution in [0.1, 0.15) is 0 Å². The Labute approximate surface area is 306 Å². The predicted octanol–water partition coefficient (Wildman–Crippen LogP) is 14.4. The van der Waals surface area contributed by atoms with Gasteiger partial charge in [0, 0.05) is 21.8 Å². The molecule has 0 atom stereocenters. The SMILES string of the molecule is c1ccc(-c2cc(-c3ccc4c(c3)-c3cccc5cccc-4c35)cc(-n3c4ccccc4c4c5ccc6ccccc6c5c5ccccc5c43)c2)cc1. The zero-order valence-electron chi connectivity index (χ0n) is 28.8. The van der Waals surface area contributed by atoms with Crippen LogP contribution in [-0.2, 0) is 0 Å². The molecule has 1 aliphatic carbocycles. The fourth-order valence-corrected chi connectivity index (χ4v) is 9.39. The van der Waals surface area contributed by atoms with E-state index in [0.717, 1.165) is 5.69 Å². The number of nitrogens with zero attached hydrogens (tertiary/aromatic N) is 1. The van der Waals surface area contributed by atoms with Gasteiger partial charge in [-0.2, -0.15) is 0 Å². The maximum absolute atomic E-state index is 2.53. The van der Waals surface area contributed by atoms with Crippen LogP contribution in [-0.4, -0.2) is 4.57 Å². The van der Waals surface area contributed by atoms with Gasteiger partial charge in [0.05, 0.1) is 11.0 Å². The molecule has 0 bridgehead atoms. The van der Waals surface area contributed by atoms with Crippen molar-refractivity contribution in [3.63, 3.8) is 0 Å². The van der Waals surface area contributed by atoms with Crippen molar-refractivity contribution in [3.05, 3.63) is 188 Å². The largest absolute Gasteiger partial charge is 0.309 e. The van der Waals surface area contributed by atoms with Crippen LogP contribution in [0.5, 0.6) is 0 Å². The second-order valence-corrected chi connectivity index (χ2v) is 14.4. The van der Waals surface area contributed by atoms with E-state index in [1.807, 2.05) is 0 Å². The summed E-state index contributed by atoms with van der Waals surface area (Å²) in [6, 6.07) is 69.8. The molecule has 11 aromatic rings. The average Bonchev–Trinajstić information content (AvgIpc) is 3.75. The van der Waals surface area contributed by atoms with E-state index < -0.39 is 0 Å². The number of aromatic nitrogens is 1. The second kappa shape index (κ2) is 10.8.